The first-order valence-corrected chi connectivity index (χ1v) is 5.20. The summed E-state index contributed by atoms with van der Waals surface area (Å²) in [5.41, 5.74) is 1.75. The van der Waals surface area contributed by atoms with Crippen molar-refractivity contribution in [2.45, 2.75) is 6.54 Å². The Balaban J connectivity index is 1.95. The molecule has 0 fully saturated rings. The van der Waals surface area contributed by atoms with E-state index in [9.17, 15) is 0 Å². The first-order chi connectivity index (χ1) is 7.92. The first kappa shape index (κ1) is 9.09. The van der Waals surface area contributed by atoms with Crippen molar-refractivity contribution >= 4 is 11.1 Å². The van der Waals surface area contributed by atoms with E-state index in [4.69, 9.17) is 4.42 Å². The molecule has 16 heavy (non-hydrogen) atoms. The topological polar surface area (TPSA) is 29.9 Å². The van der Waals surface area contributed by atoms with Crippen LogP contribution >= 0.6 is 0 Å². The molecule has 0 spiro atoms. The average molecular weight is 211 g/mol. The van der Waals surface area contributed by atoms with Crippen molar-refractivity contribution in [3.05, 3.63) is 60.7 Å². The van der Waals surface area contributed by atoms with Crippen LogP contribution in [0.4, 0.5) is 0 Å². The van der Waals surface area contributed by atoms with Gasteiger partial charge >= 0.3 is 0 Å². The van der Waals surface area contributed by atoms with Crippen molar-refractivity contribution in [1.29, 1.82) is 0 Å². The van der Waals surface area contributed by atoms with E-state index in [-0.39, 0.29) is 0 Å². The molecular formula is C13H11N2O+. The number of fused-ring (bicyclic) bond motifs is 1. The smallest absolute Gasteiger partial charge is 0.262 e. The van der Waals surface area contributed by atoms with Crippen LogP contribution in [0.3, 0.4) is 0 Å². The minimum absolute atomic E-state index is 0.662. The Morgan fingerprint density at radius 2 is 1.81 bits per heavy atom. The fraction of sp³-hybridized carbons (Fsp3) is 0.0769. The van der Waals surface area contributed by atoms with Gasteiger partial charge in [-0.25, -0.2) is 4.98 Å². The van der Waals surface area contributed by atoms with Crippen LogP contribution in [0, 0.1) is 0 Å². The molecule has 78 valence electrons. The average Bonchev–Trinajstić information content (AvgIpc) is 2.72. The summed E-state index contributed by atoms with van der Waals surface area (Å²) in [5.74, 6) is 0.734. The maximum Gasteiger partial charge on any atom is 0.262 e. The van der Waals surface area contributed by atoms with Crippen LogP contribution in [-0.4, -0.2) is 4.98 Å². The van der Waals surface area contributed by atoms with Crippen LogP contribution in [0.15, 0.2) is 59.3 Å². The SMILES string of the molecule is c1cc[n+](Cc2nc3ccccc3o2)cc1. The number of pyridine rings is 1. The molecule has 2 heterocycles. The zero-order valence-electron chi connectivity index (χ0n) is 8.71. The largest absolute Gasteiger partial charge is 0.435 e. The molecule has 3 heteroatoms. The lowest BCUT2D eigenvalue weighted by atomic mass is 10.3. The van der Waals surface area contributed by atoms with Gasteiger partial charge in [0.25, 0.3) is 5.89 Å². The molecule has 0 amide bonds. The third-order valence-electron chi connectivity index (χ3n) is 2.43. The van der Waals surface area contributed by atoms with Gasteiger partial charge in [0.15, 0.2) is 18.0 Å². The lowest BCUT2D eigenvalue weighted by molar-refractivity contribution is -0.690. The Bertz CT molecular complexity index is 568. The molecule has 1 aromatic carbocycles. The lowest BCUT2D eigenvalue weighted by Crippen LogP contribution is -2.32. The van der Waals surface area contributed by atoms with Crippen LogP contribution < -0.4 is 4.57 Å². The Kier molecular flexibility index (Phi) is 2.14. The van der Waals surface area contributed by atoms with E-state index in [1.54, 1.807) is 0 Å². The summed E-state index contributed by atoms with van der Waals surface area (Å²) >= 11 is 0. The minimum atomic E-state index is 0.662. The van der Waals surface area contributed by atoms with E-state index in [1.807, 2.05) is 59.4 Å². The van der Waals surface area contributed by atoms with Crippen LogP contribution in [0.25, 0.3) is 11.1 Å². The number of benzene rings is 1. The van der Waals surface area contributed by atoms with Gasteiger partial charge in [-0.05, 0) is 12.1 Å². The van der Waals surface area contributed by atoms with Crippen molar-refractivity contribution in [3.63, 3.8) is 0 Å². The molecule has 0 unspecified atom stereocenters. The number of nitrogens with zero attached hydrogens (tertiary/aromatic N) is 2. The Hall–Kier alpha value is -2.16. The van der Waals surface area contributed by atoms with E-state index in [0.717, 1.165) is 17.0 Å². The van der Waals surface area contributed by atoms with Gasteiger partial charge in [-0.3, -0.25) is 0 Å². The van der Waals surface area contributed by atoms with Gasteiger partial charge in [0, 0.05) is 12.1 Å². The molecule has 3 nitrogen and oxygen atoms in total. The summed E-state index contributed by atoms with van der Waals surface area (Å²) in [7, 11) is 0. The van der Waals surface area contributed by atoms with Crippen LogP contribution in [-0.2, 0) is 6.54 Å². The molecule has 0 aliphatic rings. The molecule has 2 aromatic heterocycles. The minimum Gasteiger partial charge on any atom is -0.435 e. The third-order valence-corrected chi connectivity index (χ3v) is 2.43. The van der Waals surface area contributed by atoms with Gasteiger partial charge in [-0.15, -0.1) is 0 Å². The van der Waals surface area contributed by atoms with E-state index in [1.165, 1.54) is 0 Å². The predicted molar refractivity (Wildman–Crippen MR) is 59.7 cm³/mol. The number of oxazole rings is 1. The van der Waals surface area contributed by atoms with E-state index in [0.29, 0.717) is 6.54 Å². The number of rotatable bonds is 2. The number of para-hydroxylation sites is 2. The van der Waals surface area contributed by atoms with Crippen molar-refractivity contribution in [2.24, 2.45) is 0 Å². The second-order valence-corrected chi connectivity index (χ2v) is 3.62. The fourth-order valence-electron chi connectivity index (χ4n) is 1.68. The lowest BCUT2D eigenvalue weighted by Gasteiger charge is -1.90. The van der Waals surface area contributed by atoms with Crippen LogP contribution in [0.5, 0.6) is 0 Å². The van der Waals surface area contributed by atoms with Gasteiger partial charge in [0.05, 0.1) is 0 Å². The highest BCUT2D eigenvalue weighted by Gasteiger charge is 2.09. The Morgan fingerprint density at radius 1 is 1.00 bits per heavy atom. The molecule has 0 aliphatic heterocycles. The summed E-state index contributed by atoms with van der Waals surface area (Å²) in [6.45, 7) is 0.662. The quantitative estimate of drug-likeness (QED) is 0.608. The molecule has 3 rings (SSSR count). The van der Waals surface area contributed by atoms with Crippen molar-refractivity contribution in [1.82, 2.24) is 4.98 Å². The van der Waals surface area contributed by atoms with Crippen molar-refractivity contribution < 1.29 is 8.98 Å². The Morgan fingerprint density at radius 3 is 2.62 bits per heavy atom. The van der Waals surface area contributed by atoms with Gasteiger partial charge in [-0.1, -0.05) is 18.2 Å². The summed E-state index contributed by atoms with van der Waals surface area (Å²) in [6.07, 6.45) is 3.99. The predicted octanol–water partition coefficient (Wildman–Crippen LogP) is 2.16. The zero-order chi connectivity index (χ0) is 10.8. The molecule has 0 N–H and O–H groups in total. The van der Waals surface area contributed by atoms with Crippen LogP contribution in [0.2, 0.25) is 0 Å². The second-order valence-electron chi connectivity index (χ2n) is 3.62. The fourth-order valence-corrected chi connectivity index (χ4v) is 1.68. The molecule has 3 aromatic rings. The maximum atomic E-state index is 5.64. The van der Waals surface area contributed by atoms with E-state index < -0.39 is 0 Å². The van der Waals surface area contributed by atoms with E-state index >= 15 is 0 Å². The van der Waals surface area contributed by atoms with Crippen LogP contribution in [0.1, 0.15) is 5.89 Å². The normalized spacial score (nSPS) is 10.8. The highest BCUT2D eigenvalue weighted by molar-refractivity contribution is 5.71. The van der Waals surface area contributed by atoms with Gasteiger partial charge in [-0.2, -0.15) is 4.57 Å². The number of hydrogen-bond acceptors (Lipinski definition) is 2. The van der Waals surface area contributed by atoms with E-state index in [2.05, 4.69) is 4.98 Å². The molecule has 0 bridgehead atoms. The van der Waals surface area contributed by atoms with Gasteiger partial charge < -0.3 is 4.42 Å². The van der Waals surface area contributed by atoms with Crippen molar-refractivity contribution in [2.75, 3.05) is 0 Å². The summed E-state index contributed by atoms with van der Waals surface area (Å²) in [4.78, 5) is 4.42. The summed E-state index contributed by atoms with van der Waals surface area (Å²) < 4.78 is 7.67. The molecule has 0 atom stereocenters. The highest BCUT2D eigenvalue weighted by Crippen LogP contribution is 2.13. The number of hydrogen-bond donors (Lipinski definition) is 0. The van der Waals surface area contributed by atoms with Gasteiger partial charge in [0.1, 0.15) is 5.52 Å². The second kappa shape index (κ2) is 3.77. The third kappa shape index (κ3) is 1.67. The van der Waals surface area contributed by atoms with Crippen molar-refractivity contribution in [3.8, 4) is 0 Å². The first-order valence-electron chi connectivity index (χ1n) is 5.20. The number of aromatic nitrogens is 2. The summed E-state index contributed by atoms with van der Waals surface area (Å²) in [6, 6.07) is 13.8. The highest BCUT2D eigenvalue weighted by atomic mass is 16.3. The molecule has 0 saturated heterocycles. The molecular weight excluding hydrogens is 200 g/mol. The summed E-state index contributed by atoms with van der Waals surface area (Å²) in [5, 5.41) is 0. The Labute approximate surface area is 93.0 Å². The standard InChI is InChI=1S/C13H11N2O/c1-4-8-15(9-5-1)10-13-14-11-6-2-3-7-12(11)16-13/h1-9H,10H2/q+1. The molecule has 0 aliphatic carbocycles. The maximum absolute atomic E-state index is 5.64. The molecule has 0 saturated carbocycles. The van der Waals surface area contributed by atoms with Gasteiger partial charge in [0.2, 0.25) is 6.54 Å². The zero-order valence-corrected chi connectivity index (χ0v) is 8.71. The molecule has 0 radical (unpaired) electrons. The monoisotopic (exact) mass is 211 g/mol.